The van der Waals surface area contributed by atoms with E-state index in [0.717, 1.165) is 0 Å². The van der Waals surface area contributed by atoms with E-state index in [2.05, 4.69) is 0 Å². The fourth-order valence-corrected chi connectivity index (χ4v) is 1.79. The van der Waals surface area contributed by atoms with Crippen molar-refractivity contribution < 1.29 is 27.1 Å². The van der Waals surface area contributed by atoms with Gasteiger partial charge in [0.15, 0.2) is 0 Å². The number of carbonyl (C=O) groups is 1. The van der Waals surface area contributed by atoms with Crippen LogP contribution >= 0.6 is 0 Å². The highest BCUT2D eigenvalue weighted by atomic mass is 32.2. The Bertz CT molecular complexity index is 542. The molecule has 17 heavy (non-hydrogen) atoms. The van der Waals surface area contributed by atoms with Crippen LogP contribution in [0.4, 0.5) is 14.5 Å². The van der Waals surface area contributed by atoms with Crippen molar-refractivity contribution in [2.45, 2.75) is 12.7 Å². The van der Waals surface area contributed by atoms with Crippen molar-refractivity contribution in [2.75, 3.05) is 4.72 Å². The molecule has 0 aromatic heterocycles. The number of halogens is 2. The van der Waals surface area contributed by atoms with E-state index in [9.17, 15) is 22.0 Å². The fraction of sp³-hybridized carbons (Fsp3) is 0.222. The van der Waals surface area contributed by atoms with Gasteiger partial charge in [0.2, 0.25) is 0 Å². The second-order valence-corrected chi connectivity index (χ2v) is 4.84. The molecule has 1 aromatic rings. The number of anilines is 1. The summed E-state index contributed by atoms with van der Waals surface area (Å²) in [7, 11) is -4.79. The van der Waals surface area contributed by atoms with Gasteiger partial charge >= 0.3 is 11.7 Å². The second-order valence-electron chi connectivity index (χ2n) is 3.19. The predicted octanol–water partition coefficient (Wildman–Crippen LogP) is 1.66. The van der Waals surface area contributed by atoms with E-state index in [1.54, 1.807) is 4.72 Å². The average molecular weight is 265 g/mol. The van der Waals surface area contributed by atoms with Crippen molar-refractivity contribution in [1.29, 1.82) is 0 Å². The Hall–Kier alpha value is -1.70. The second kappa shape index (κ2) is 4.66. The molecule has 1 rings (SSSR count). The maximum Gasteiger partial charge on any atom is 0.355 e. The summed E-state index contributed by atoms with van der Waals surface area (Å²) in [5.41, 5.74) is -0.256. The molecule has 0 unspecified atom stereocenters. The molecule has 0 fully saturated rings. The molecular weight excluding hydrogens is 256 g/mol. The van der Waals surface area contributed by atoms with Gasteiger partial charge in [-0.1, -0.05) is 6.07 Å². The fourth-order valence-electron chi connectivity index (χ4n) is 1.18. The Morgan fingerprint density at radius 2 is 2.00 bits per heavy atom. The van der Waals surface area contributed by atoms with Crippen LogP contribution < -0.4 is 4.72 Å². The smallest absolute Gasteiger partial charge is 0.355 e. The lowest BCUT2D eigenvalue weighted by atomic mass is 10.1. The molecule has 0 aliphatic carbocycles. The summed E-state index contributed by atoms with van der Waals surface area (Å²) in [5, 5.41) is 8.77. The van der Waals surface area contributed by atoms with Crippen molar-refractivity contribution in [1.82, 2.24) is 0 Å². The lowest BCUT2D eigenvalue weighted by Crippen LogP contribution is -2.21. The van der Waals surface area contributed by atoms with Crippen molar-refractivity contribution in [2.24, 2.45) is 0 Å². The Morgan fingerprint density at radius 1 is 1.41 bits per heavy atom. The highest BCUT2D eigenvalue weighted by Gasteiger charge is 2.25. The Balaban J connectivity index is 3.18. The molecular formula is C9H9F2NO4S. The topological polar surface area (TPSA) is 83.5 Å². The molecule has 0 saturated heterocycles. The standard InChI is InChI=1S/C9H9F2NO4S/c1-5-6(8(13)14)3-2-4-7(5)12-17(15,16)9(10)11/h2-4,9,12H,1H3,(H,13,14). The Labute approximate surface area is 96.1 Å². The van der Waals surface area contributed by atoms with E-state index in [1.165, 1.54) is 25.1 Å². The molecule has 2 N–H and O–H groups in total. The molecule has 0 spiro atoms. The Kier molecular flexibility index (Phi) is 3.66. The first-order valence-corrected chi connectivity index (χ1v) is 5.93. The maximum absolute atomic E-state index is 12.1. The number of benzene rings is 1. The van der Waals surface area contributed by atoms with Gasteiger partial charge in [-0.15, -0.1) is 0 Å². The molecule has 94 valence electrons. The molecule has 0 aliphatic heterocycles. The Morgan fingerprint density at radius 3 is 2.47 bits per heavy atom. The van der Waals surface area contributed by atoms with E-state index < -0.39 is 21.8 Å². The van der Waals surface area contributed by atoms with E-state index in [0.29, 0.717) is 0 Å². The number of sulfonamides is 1. The van der Waals surface area contributed by atoms with Gasteiger partial charge < -0.3 is 5.11 Å². The molecule has 1 aromatic carbocycles. The van der Waals surface area contributed by atoms with E-state index in [-0.39, 0.29) is 16.8 Å². The zero-order valence-electron chi connectivity index (χ0n) is 8.65. The third kappa shape index (κ3) is 2.90. The quantitative estimate of drug-likeness (QED) is 0.867. The molecule has 0 saturated carbocycles. The maximum atomic E-state index is 12.1. The zero-order valence-corrected chi connectivity index (χ0v) is 9.46. The number of nitrogens with one attached hydrogen (secondary N) is 1. The number of hydrogen-bond donors (Lipinski definition) is 2. The minimum atomic E-state index is -4.79. The number of aromatic carboxylic acids is 1. The summed E-state index contributed by atoms with van der Waals surface area (Å²) in [6.45, 7) is 1.33. The molecule has 8 heteroatoms. The molecule has 0 atom stereocenters. The number of carboxylic acids is 1. The van der Waals surface area contributed by atoms with Gasteiger partial charge in [-0.05, 0) is 24.6 Å². The van der Waals surface area contributed by atoms with Crippen LogP contribution in [-0.2, 0) is 10.0 Å². The van der Waals surface area contributed by atoms with E-state index in [4.69, 9.17) is 5.11 Å². The van der Waals surface area contributed by atoms with Gasteiger partial charge in [-0.2, -0.15) is 8.78 Å². The van der Waals surface area contributed by atoms with Crippen LogP contribution in [0.2, 0.25) is 0 Å². The van der Waals surface area contributed by atoms with Crippen LogP contribution in [0.25, 0.3) is 0 Å². The molecule has 0 aliphatic rings. The van der Waals surface area contributed by atoms with Crippen molar-refractivity contribution in [3.63, 3.8) is 0 Å². The normalized spacial score (nSPS) is 11.5. The van der Waals surface area contributed by atoms with Crippen molar-refractivity contribution in [3.8, 4) is 0 Å². The summed E-state index contributed by atoms with van der Waals surface area (Å²) >= 11 is 0. The SMILES string of the molecule is Cc1c(NS(=O)(=O)C(F)F)cccc1C(=O)O. The van der Waals surface area contributed by atoms with Crippen LogP contribution in [0.15, 0.2) is 18.2 Å². The number of rotatable bonds is 4. The van der Waals surface area contributed by atoms with Crippen LogP contribution in [0.3, 0.4) is 0 Å². The molecule has 0 bridgehead atoms. The van der Waals surface area contributed by atoms with Gasteiger partial charge in [-0.3, -0.25) is 4.72 Å². The molecule has 0 radical (unpaired) electrons. The van der Waals surface area contributed by atoms with Gasteiger partial charge in [0.1, 0.15) is 0 Å². The number of alkyl halides is 2. The summed E-state index contributed by atoms with van der Waals surface area (Å²) in [6, 6.07) is 3.72. The monoisotopic (exact) mass is 265 g/mol. The minimum Gasteiger partial charge on any atom is -0.478 e. The van der Waals surface area contributed by atoms with Crippen molar-refractivity contribution in [3.05, 3.63) is 29.3 Å². The molecule has 0 heterocycles. The summed E-state index contributed by atoms with van der Waals surface area (Å²) in [5.74, 6) is -4.84. The van der Waals surface area contributed by atoms with Gasteiger partial charge in [0.25, 0.3) is 10.0 Å². The summed E-state index contributed by atoms with van der Waals surface area (Å²) in [6.07, 6.45) is 0. The van der Waals surface area contributed by atoms with Crippen LogP contribution in [-0.4, -0.2) is 25.3 Å². The third-order valence-corrected chi connectivity index (χ3v) is 3.02. The minimum absolute atomic E-state index is 0.0734. The van der Waals surface area contributed by atoms with Crippen LogP contribution in [0, 0.1) is 6.92 Å². The largest absolute Gasteiger partial charge is 0.478 e. The summed E-state index contributed by atoms with van der Waals surface area (Å²) < 4.78 is 47.7. The lowest BCUT2D eigenvalue weighted by Gasteiger charge is -2.11. The first-order valence-electron chi connectivity index (χ1n) is 4.38. The van der Waals surface area contributed by atoms with E-state index in [1.807, 2.05) is 0 Å². The lowest BCUT2D eigenvalue weighted by molar-refractivity contribution is 0.0696. The number of carboxylic acid groups (broad SMARTS) is 1. The van der Waals surface area contributed by atoms with Gasteiger partial charge in [0.05, 0.1) is 11.3 Å². The first-order chi connectivity index (χ1) is 7.75. The third-order valence-electron chi connectivity index (χ3n) is 2.05. The van der Waals surface area contributed by atoms with Crippen LogP contribution in [0.5, 0.6) is 0 Å². The first kappa shape index (κ1) is 13.4. The molecule has 0 amide bonds. The highest BCUT2D eigenvalue weighted by Crippen LogP contribution is 2.21. The van der Waals surface area contributed by atoms with E-state index >= 15 is 0 Å². The zero-order chi connectivity index (χ0) is 13.2. The van der Waals surface area contributed by atoms with Gasteiger partial charge in [0, 0.05) is 0 Å². The predicted molar refractivity (Wildman–Crippen MR) is 56.7 cm³/mol. The van der Waals surface area contributed by atoms with Gasteiger partial charge in [-0.25, -0.2) is 13.2 Å². The number of hydrogen-bond acceptors (Lipinski definition) is 3. The molecule has 5 nitrogen and oxygen atoms in total. The average Bonchev–Trinajstić information content (AvgIpc) is 2.20. The van der Waals surface area contributed by atoms with Crippen LogP contribution in [0.1, 0.15) is 15.9 Å². The van der Waals surface area contributed by atoms with Crippen molar-refractivity contribution >= 4 is 21.7 Å². The summed E-state index contributed by atoms with van der Waals surface area (Å²) in [4.78, 5) is 10.7. The highest BCUT2D eigenvalue weighted by molar-refractivity contribution is 7.93.